The van der Waals surface area contributed by atoms with E-state index in [0.29, 0.717) is 22.9 Å². The zero-order valence-electron chi connectivity index (χ0n) is 13.2. The molecule has 0 unspecified atom stereocenters. The van der Waals surface area contributed by atoms with Crippen LogP contribution in [0.1, 0.15) is 15.9 Å². The molecule has 0 radical (unpaired) electrons. The van der Waals surface area contributed by atoms with E-state index in [0.717, 1.165) is 21.1 Å². The molecule has 0 aliphatic heterocycles. The van der Waals surface area contributed by atoms with Crippen LogP contribution in [0, 0.1) is 5.82 Å². The largest absolute Gasteiger partial charge is 0.366 e. The van der Waals surface area contributed by atoms with Crippen molar-refractivity contribution >= 4 is 43.6 Å². The molecule has 0 atom stereocenters. The summed E-state index contributed by atoms with van der Waals surface area (Å²) in [5, 5.41) is 1.38. The Morgan fingerprint density at radius 2 is 1.84 bits per heavy atom. The number of rotatable bonds is 3. The van der Waals surface area contributed by atoms with E-state index in [9.17, 15) is 9.18 Å². The average molecular weight is 397 g/mol. The number of primary amides is 1. The lowest BCUT2D eigenvalue weighted by molar-refractivity contribution is 0.100. The maximum Gasteiger partial charge on any atom is 0.249 e. The highest BCUT2D eigenvalue weighted by molar-refractivity contribution is 9.10. The Bertz CT molecular complexity index is 1130. The van der Waals surface area contributed by atoms with Gasteiger partial charge in [-0.15, -0.1) is 0 Å². The second-order valence-electron chi connectivity index (χ2n) is 5.90. The van der Waals surface area contributed by atoms with Crippen LogP contribution in [-0.4, -0.2) is 10.5 Å². The maximum absolute atomic E-state index is 13.9. The van der Waals surface area contributed by atoms with Crippen LogP contribution in [0.5, 0.6) is 0 Å². The van der Waals surface area contributed by atoms with Crippen LogP contribution < -0.4 is 5.73 Å². The molecule has 4 aromatic rings. The SMILES string of the molecule is NC(=O)c1cccc2c1c1cc(F)ccc1n2Cc1ccccc1Br. The van der Waals surface area contributed by atoms with Gasteiger partial charge in [0, 0.05) is 32.9 Å². The summed E-state index contributed by atoms with van der Waals surface area (Å²) >= 11 is 3.57. The molecule has 124 valence electrons. The lowest BCUT2D eigenvalue weighted by Crippen LogP contribution is -2.11. The molecule has 1 aromatic heterocycles. The Morgan fingerprint density at radius 3 is 2.60 bits per heavy atom. The standard InChI is InChI=1S/C20H14BrFN2O/c21-16-6-2-1-4-12(16)11-24-17-9-8-13(22)10-15(17)19-14(20(23)25)5-3-7-18(19)24/h1-10H,11H2,(H2,23,25). The topological polar surface area (TPSA) is 48.0 Å². The fourth-order valence-electron chi connectivity index (χ4n) is 3.29. The fourth-order valence-corrected chi connectivity index (χ4v) is 3.70. The first kappa shape index (κ1) is 15.8. The molecule has 1 heterocycles. The zero-order valence-corrected chi connectivity index (χ0v) is 14.8. The van der Waals surface area contributed by atoms with Crippen LogP contribution in [0.2, 0.25) is 0 Å². The Balaban J connectivity index is 2.08. The Morgan fingerprint density at radius 1 is 1.04 bits per heavy atom. The smallest absolute Gasteiger partial charge is 0.249 e. The number of carbonyl (C=O) groups is 1. The number of aromatic nitrogens is 1. The van der Waals surface area contributed by atoms with Gasteiger partial charge in [0.25, 0.3) is 0 Å². The van der Waals surface area contributed by atoms with Gasteiger partial charge in [-0.3, -0.25) is 4.79 Å². The third-order valence-electron chi connectivity index (χ3n) is 4.40. The predicted molar refractivity (Wildman–Crippen MR) is 101 cm³/mol. The summed E-state index contributed by atoms with van der Waals surface area (Å²) in [4.78, 5) is 11.9. The van der Waals surface area contributed by atoms with Crippen molar-refractivity contribution < 1.29 is 9.18 Å². The van der Waals surface area contributed by atoms with Crippen molar-refractivity contribution in [3.8, 4) is 0 Å². The van der Waals surface area contributed by atoms with Crippen LogP contribution in [0.4, 0.5) is 4.39 Å². The van der Waals surface area contributed by atoms with Gasteiger partial charge in [0.2, 0.25) is 5.91 Å². The Kier molecular flexibility index (Phi) is 3.81. The molecule has 0 aliphatic rings. The summed E-state index contributed by atoms with van der Waals surface area (Å²) in [7, 11) is 0. The summed E-state index contributed by atoms with van der Waals surface area (Å²) in [6.07, 6.45) is 0. The molecule has 0 fully saturated rings. The van der Waals surface area contributed by atoms with Gasteiger partial charge >= 0.3 is 0 Å². The van der Waals surface area contributed by atoms with Gasteiger partial charge in [0.15, 0.2) is 0 Å². The highest BCUT2D eigenvalue weighted by Crippen LogP contribution is 2.33. The number of nitrogens with two attached hydrogens (primary N) is 1. The van der Waals surface area contributed by atoms with E-state index >= 15 is 0 Å². The molecule has 0 spiro atoms. The summed E-state index contributed by atoms with van der Waals surface area (Å²) in [6.45, 7) is 0.593. The highest BCUT2D eigenvalue weighted by Gasteiger charge is 2.17. The normalized spacial score (nSPS) is 11.3. The summed E-state index contributed by atoms with van der Waals surface area (Å²) in [6, 6.07) is 18.0. The first-order chi connectivity index (χ1) is 12.1. The summed E-state index contributed by atoms with van der Waals surface area (Å²) in [5.74, 6) is -0.860. The number of nitrogens with zero attached hydrogens (tertiary/aromatic N) is 1. The van der Waals surface area contributed by atoms with E-state index in [1.54, 1.807) is 18.2 Å². The molecule has 3 nitrogen and oxygen atoms in total. The van der Waals surface area contributed by atoms with Gasteiger partial charge < -0.3 is 10.3 Å². The minimum Gasteiger partial charge on any atom is -0.366 e. The van der Waals surface area contributed by atoms with E-state index in [2.05, 4.69) is 20.5 Å². The van der Waals surface area contributed by atoms with E-state index in [1.165, 1.54) is 12.1 Å². The van der Waals surface area contributed by atoms with Crippen molar-refractivity contribution in [3.63, 3.8) is 0 Å². The predicted octanol–water partition coefficient (Wildman–Crippen LogP) is 4.84. The molecule has 5 heteroatoms. The molecule has 2 N–H and O–H groups in total. The molecule has 0 aliphatic carbocycles. The van der Waals surface area contributed by atoms with Crippen LogP contribution >= 0.6 is 15.9 Å². The van der Waals surface area contributed by atoms with E-state index in [4.69, 9.17) is 5.73 Å². The van der Waals surface area contributed by atoms with Crippen molar-refractivity contribution in [2.45, 2.75) is 6.54 Å². The third-order valence-corrected chi connectivity index (χ3v) is 5.18. The van der Waals surface area contributed by atoms with Crippen molar-refractivity contribution in [2.75, 3.05) is 0 Å². The minimum absolute atomic E-state index is 0.341. The second-order valence-corrected chi connectivity index (χ2v) is 6.76. The number of hydrogen-bond donors (Lipinski definition) is 1. The summed E-state index contributed by atoms with van der Waals surface area (Å²) in [5.41, 5.74) is 8.76. The van der Waals surface area contributed by atoms with Crippen LogP contribution in [0.15, 0.2) is 65.1 Å². The number of amides is 1. The zero-order chi connectivity index (χ0) is 17.6. The van der Waals surface area contributed by atoms with Gasteiger partial charge in [-0.05, 0) is 42.0 Å². The van der Waals surface area contributed by atoms with Crippen molar-refractivity contribution in [3.05, 3.63) is 82.1 Å². The second kappa shape index (κ2) is 6.01. The fraction of sp³-hybridized carbons (Fsp3) is 0.0500. The first-order valence-electron chi connectivity index (χ1n) is 7.80. The van der Waals surface area contributed by atoms with Crippen molar-refractivity contribution in [2.24, 2.45) is 5.73 Å². The minimum atomic E-state index is -0.519. The molecule has 0 saturated heterocycles. The number of hydrogen-bond acceptors (Lipinski definition) is 1. The lowest BCUT2D eigenvalue weighted by Gasteiger charge is -2.09. The van der Waals surface area contributed by atoms with Gasteiger partial charge in [-0.25, -0.2) is 4.39 Å². The van der Waals surface area contributed by atoms with Crippen LogP contribution in [0.25, 0.3) is 21.8 Å². The molecular formula is C20H14BrFN2O. The number of benzene rings is 3. The number of halogens is 2. The van der Waals surface area contributed by atoms with Gasteiger partial charge in [0.1, 0.15) is 5.82 Å². The average Bonchev–Trinajstić information content (AvgIpc) is 2.90. The number of carbonyl (C=O) groups excluding carboxylic acids is 1. The molecule has 3 aromatic carbocycles. The first-order valence-corrected chi connectivity index (χ1v) is 8.59. The Labute approximate surface area is 152 Å². The van der Waals surface area contributed by atoms with Crippen LogP contribution in [0.3, 0.4) is 0 Å². The van der Waals surface area contributed by atoms with Gasteiger partial charge in [-0.2, -0.15) is 0 Å². The Hall–Kier alpha value is -2.66. The summed E-state index contributed by atoms with van der Waals surface area (Å²) < 4.78 is 16.9. The van der Waals surface area contributed by atoms with Gasteiger partial charge in [0.05, 0.1) is 5.52 Å². The molecule has 1 amide bonds. The monoisotopic (exact) mass is 396 g/mol. The molecule has 0 saturated carbocycles. The molecule has 25 heavy (non-hydrogen) atoms. The lowest BCUT2D eigenvalue weighted by atomic mass is 10.1. The van der Waals surface area contributed by atoms with E-state index < -0.39 is 5.91 Å². The maximum atomic E-state index is 13.9. The molecular weight excluding hydrogens is 383 g/mol. The molecule has 4 rings (SSSR count). The molecule has 0 bridgehead atoms. The quantitative estimate of drug-likeness (QED) is 0.528. The van der Waals surface area contributed by atoms with Crippen molar-refractivity contribution in [1.82, 2.24) is 4.57 Å². The highest BCUT2D eigenvalue weighted by atomic mass is 79.9. The van der Waals surface area contributed by atoms with E-state index in [-0.39, 0.29) is 5.82 Å². The van der Waals surface area contributed by atoms with Gasteiger partial charge in [-0.1, -0.05) is 40.2 Å². The third kappa shape index (κ3) is 2.61. The van der Waals surface area contributed by atoms with Crippen molar-refractivity contribution in [1.29, 1.82) is 0 Å². The van der Waals surface area contributed by atoms with E-state index in [1.807, 2.05) is 30.3 Å². The van der Waals surface area contributed by atoms with Crippen LogP contribution in [-0.2, 0) is 6.54 Å². The number of fused-ring (bicyclic) bond motifs is 3.